The zero-order chi connectivity index (χ0) is 35.5. The molecule has 47 heavy (non-hydrogen) atoms. The molecule has 1 aliphatic rings. The van der Waals surface area contributed by atoms with Crippen molar-refractivity contribution in [1.82, 2.24) is 15.0 Å². The van der Waals surface area contributed by atoms with Crippen LogP contribution in [-0.2, 0) is 17.3 Å². The molecule has 8 nitrogen and oxygen atoms in total. The SMILES string of the molecule is CC.CCC(C)C.CCCc1nc(-c2cc(N)c(F)c(C)c2C(F)(F)F)c(F)c2nc(OCC3(C)CCOC3)nc(NCC=NC)c12. The van der Waals surface area contributed by atoms with Crippen LogP contribution in [0.25, 0.3) is 22.2 Å². The largest absolute Gasteiger partial charge is 0.463 e. The van der Waals surface area contributed by atoms with E-state index in [1.54, 1.807) is 13.3 Å². The zero-order valence-corrected chi connectivity index (χ0v) is 29.0. The lowest BCUT2D eigenvalue weighted by Gasteiger charge is -2.22. The Bertz CT molecular complexity index is 1510. The molecular formula is C34H49F5N6O2. The average Bonchev–Trinajstić information content (AvgIpc) is 3.47. The molecule has 1 atom stereocenters. The lowest BCUT2D eigenvalue weighted by atomic mass is 9.91. The van der Waals surface area contributed by atoms with Gasteiger partial charge in [-0.3, -0.25) is 4.99 Å². The lowest BCUT2D eigenvalue weighted by Crippen LogP contribution is -2.26. The molecule has 0 aliphatic carbocycles. The highest BCUT2D eigenvalue weighted by molar-refractivity contribution is 5.95. The van der Waals surface area contributed by atoms with Gasteiger partial charge >= 0.3 is 12.2 Å². The highest BCUT2D eigenvalue weighted by atomic mass is 19.4. The summed E-state index contributed by atoms with van der Waals surface area (Å²) in [5, 5.41) is 3.26. The molecule has 0 bridgehead atoms. The Morgan fingerprint density at radius 2 is 1.81 bits per heavy atom. The average molecular weight is 669 g/mol. The molecule has 1 unspecified atom stereocenters. The highest BCUT2D eigenvalue weighted by Crippen LogP contribution is 2.43. The third-order valence-electron chi connectivity index (χ3n) is 7.60. The number of pyridine rings is 1. The Morgan fingerprint density at radius 1 is 1.15 bits per heavy atom. The van der Waals surface area contributed by atoms with Crippen molar-refractivity contribution in [2.45, 2.75) is 87.2 Å². The summed E-state index contributed by atoms with van der Waals surface area (Å²) in [7, 11) is 1.59. The molecule has 0 saturated carbocycles. The number of nitrogen functional groups attached to an aromatic ring is 1. The van der Waals surface area contributed by atoms with Gasteiger partial charge in [-0.25, -0.2) is 13.8 Å². The van der Waals surface area contributed by atoms with Crippen molar-refractivity contribution in [3.8, 4) is 17.3 Å². The number of ether oxygens (including phenoxy) is 2. The first-order valence-corrected chi connectivity index (χ1v) is 16.1. The number of halogens is 5. The number of nitrogens with one attached hydrogen (secondary N) is 1. The second kappa shape index (κ2) is 17.5. The first kappa shape index (κ1) is 39.6. The van der Waals surface area contributed by atoms with Gasteiger partial charge in [0.05, 0.1) is 42.1 Å². The van der Waals surface area contributed by atoms with Crippen LogP contribution < -0.4 is 15.8 Å². The molecular weight excluding hydrogens is 619 g/mol. The maximum Gasteiger partial charge on any atom is 0.417 e. The number of hydrogen-bond acceptors (Lipinski definition) is 8. The number of fused-ring (bicyclic) bond motifs is 1. The van der Waals surface area contributed by atoms with E-state index in [9.17, 15) is 17.6 Å². The summed E-state index contributed by atoms with van der Waals surface area (Å²) in [6.07, 6.45) is -0.574. The third kappa shape index (κ3) is 9.94. The minimum Gasteiger partial charge on any atom is -0.463 e. The Morgan fingerprint density at radius 3 is 2.34 bits per heavy atom. The normalized spacial score (nSPS) is 16.2. The van der Waals surface area contributed by atoms with Gasteiger partial charge in [-0.05, 0) is 37.3 Å². The van der Waals surface area contributed by atoms with Gasteiger partial charge in [0.25, 0.3) is 0 Å². The Hall–Kier alpha value is -3.61. The van der Waals surface area contributed by atoms with Gasteiger partial charge in [0, 0.05) is 30.8 Å². The number of alkyl halides is 3. The molecule has 1 aliphatic heterocycles. The second-order valence-electron chi connectivity index (χ2n) is 11.9. The van der Waals surface area contributed by atoms with E-state index in [0.29, 0.717) is 19.6 Å². The summed E-state index contributed by atoms with van der Waals surface area (Å²) < 4.78 is 84.5. The van der Waals surface area contributed by atoms with Crippen LogP contribution in [-0.4, -0.2) is 54.6 Å². The second-order valence-corrected chi connectivity index (χ2v) is 11.9. The topological polar surface area (TPSA) is 108 Å². The van der Waals surface area contributed by atoms with Crippen LogP contribution in [0.2, 0.25) is 0 Å². The fraction of sp³-hybridized carbons (Fsp3) is 0.588. The summed E-state index contributed by atoms with van der Waals surface area (Å²) >= 11 is 0. The number of rotatable bonds is 10. The summed E-state index contributed by atoms with van der Waals surface area (Å²) in [5.74, 6) is -1.28. The van der Waals surface area contributed by atoms with Crippen LogP contribution in [0.15, 0.2) is 11.1 Å². The number of anilines is 2. The van der Waals surface area contributed by atoms with Crippen molar-refractivity contribution in [3.63, 3.8) is 0 Å². The van der Waals surface area contributed by atoms with Crippen LogP contribution in [0.4, 0.5) is 33.5 Å². The molecule has 262 valence electrons. The van der Waals surface area contributed by atoms with Gasteiger partial charge in [-0.15, -0.1) is 0 Å². The zero-order valence-electron chi connectivity index (χ0n) is 29.0. The maximum atomic E-state index is 16.3. The van der Waals surface area contributed by atoms with Gasteiger partial charge in [-0.1, -0.05) is 61.3 Å². The molecule has 13 heteroatoms. The van der Waals surface area contributed by atoms with E-state index in [1.807, 2.05) is 27.7 Å². The number of benzene rings is 1. The van der Waals surface area contributed by atoms with E-state index in [0.717, 1.165) is 25.3 Å². The van der Waals surface area contributed by atoms with Gasteiger partial charge in [0.15, 0.2) is 5.82 Å². The van der Waals surface area contributed by atoms with Crippen LogP contribution in [0.5, 0.6) is 6.01 Å². The van der Waals surface area contributed by atoms with E-state index in [-0.39, 0.29) is 53.4 Å². The molecule has 4 rings (SSSR count). The standard InChI is InChI=1S/C27H31F5N6O2.C5H12.C2H6/c1-5-6-17-18-23(21(29)22(36-17)15-11-16(33)20(28)14(2)19(15)27(30,31)32)37-25(38-24(18)35-9-8-34-4)40-13-26(3)7-10-39-12-26;1-4-5(2)3;1-2/h8,11H,5-7,9-10,12-13,33H2,1-4H3,(H,35,37,38);5H,4H2,1-3H3;1-2H3. The predicted molar refractivity (Wildman–Crippen MR) is 179 cm³/mol. The molecule has 0 spiro atoms. The smallest absolute Gasteiger partial charge is 0.417 e. The van der Waals surface area contributed by atoms with Gasteiger partial charge in [0.1, 0.15) is 22.8 Å². The van der Waals surface area contributed by atoms with Crippen molar-refractivity contribution >= 4 is 28.6 Å². The molecule has 3 N–H and O–H groups in total. The third-order valence-corrected chi connectivity index (χ3v) is 7.60. The van der Waals surface area contributed by atoms with Crippen molar-refractivity contribution in [1.29, 1.82) is 0 Å². The first-order valence-electron chi connectivity index (χ1n) is 16.1. The van der Waals surface area contributed by atoms with Crippen molar-refractivity contribution < 1.29 is 31.4 Å². The molecule has 1 saturated heterocycles. The van der Waals surface area contributed by atoms with E-state index < -0.39 is 45.9 Å². The van der Waals surface area contributed by atoms with Gasteiger partial charge in [-0.2, -0.15) is 23.1 Å². The minimum atomic E-state index is -5.01. The van der Waals surface area contributed by atoms with Crippen LogP contribution in [0.1, 0.15) is 84.5 Å². The molecule has 0 amide bonds. The van der Waals surface area contributed by atoms with E-state index in [4.69, 9.17) is 15.2 Å². The van der Waals surface area contributed by atoms with Crippen molar-refractivity contribution in [2.24, 2.45) is 16.3 Å². The summed E-state index contributed by atoms with van der Waals surface area (Å²) in [6.45, 7) is 16.9. The van der Waals surface area contributed by atoms with E-state index in [1.165, 1.54) is 6.42 Å². The number of hydrogen-bond donors (Lipinski definition) is 2. The number of aryl methyl sites for hydroxylation is 1. The number of nitrogens with zero attached hydrogens (tertiary/aromatic N) is 4. The summed E-state index contributed by atoms with van der Waals surface area (Å²) in [4.78, 5) is 17.0. The fourth-order valence-corrected chi connectivity index (χ4v) is 4.68. The summed E-state index contributed by atoms with van der Waals surface area (Å²) in [5.41, 5.74) is 1.39. The minimum absolute atomic E-state index is 0.166. The van der Waals surface area contributed by atoms with E-state index >= 15 is 4.39 Å². The van der Waals surface area contributed by atoms with Crippen LogP contribution >= 0.6 is 0 Å². The predicted octanol–water partition coefficient (Wildman–Crippen LogP) is 8.83. The Balaban J connectivity index is 0.00000100. The summed E-state index contributed by atoms with van der Waals surface area (Å²) in [6, 6.07) is 0.593. The monoisotopic (exact) mass is 668 g/mol. The molecule has 1 aromatic carbocycles. The maximum absolute atomic E-state index is 16.3. The van der Waals surface area contributed by atoms with Crippen molar-refractivity contribution in [3.05, 3.63) is 34.5 Å². The van der Waals surface area contributed by atoms with E-state index in [2.05, 4.69) is 46.0 Å². The molecule has 0 radical (unpaired) electrons. The first-order chi connectivity index (χ1) is 22.2. The van der Waals surface area contributed by atoms with Crippen molar-refractivity contribution in [2.75, 3.05) is 44.5 Å². The quantitative estimate of drug-likeness (QED) is 0.126. The number of nitrogens with two attached hydrogens (primary N) is 1. The highest BCUT2D eigenvalue weighted by Gasteiger charge is 2.39. The van der Waals surface area contributed by atoms with Gasteiger partial charge < -0.3 is 20.5 Å². The number of aromatic nitrogens is 3. The molecule has 3 heterocycles. The fourth-order valence-electron chi connectivity index (χ4n) is 4.68. The Kier molecular flexibility index (Phi) is 14.7. The molecule has 3 aromatic rings. The lowest BCUT2D eigenvalue weighted by molar-refractivity contribution is -0.137. The van der Waals surface area contributed by atoms with Crippen LogP contribution in [0.3, 0.4) is 0 Å². The van der Waals surface area contributed by atoms with Gasteiger partial charge in [0.2, 0.25) is 0 Å². The Labute approximate surface area is 274 Å². The molecule has 1 fully saturated rings. The number of aliphatic imine (C=N–C) groups is 1. The molecule has 2 aromatic heterocycles. The van der Waals surface area contributed by atoms with Crippen LogP contribution in [0, 0.1) is 29.9 Å².